The minimum Gasteiger partial charge on any atom is -0.504 e. The molecule has 0 aliphatic heterocycles. The average Bonchev–Trinajstić information content (AvgIpc) is 2.05. The first kappa shape index (κ1) is 13.3. The largest absolute Gasteiger partial charge is 0.573 e. The summed E-state index contributed by atoms with van der Waals surface area (Å²) in [6, 6.07) is 1.44. The molecule has 0 aromatic heterocycles. The van der Waals surface area contributed by atoms with Gasteiger partial charge < -0.3 is 14.6 Å². The molecule has 0 atom stereocenters. The molecule has 9 heteroatoms. The first-order valence-corrected chi connectivity index (χ1v) is 3.91. The molecule has 96 valence electrons. The molecule has 0 aliphatic carbocycles. The van der Waals surface area contributed by atoms with Crippen molar-refractivity contribution in [2.45, 2.75) is 12.7 Å². The standard InChI is InChI=1S/C8H4F6O3/c9-7(10,11)16-4-1-2-6(5(15)3-4)17-8(12,13)14/h1-3,15H. The third-order valence-electron chi connectivity index (χ3n) is 1.39. The van der Waals surface area contributed by atoms with Gasteiger partial charge >= 0.3 is 12.7 Å². The molecule has 0 saturated carbocycles. The molecule has 0 heterocycles. The van der Waals surface area contributed by atoms with Gasteiger partial charge in [-0.25, -0.2) is 0 Å². The summed E-state index contributed by atoms with van der Waals surface area (Å²) < 4.78 is 77.1. The highest BCUT2D eigenvalue weighted by molar-refractivity contribution is 5.44. The van der Waals surface area contributed by atoms with Gasteiger partial charge in [-0.05, 0) is 12.1 Å². The molecule has 0 bridgehead atoms. The average molecular weight is 262 g/mol. The smallest absolute Gasteiger partial charge is 0.504 e. The van der Waals surface area contributed by atoms with Crippen molar-refractivity contribution in [1.82, 2.24) is 0 Å². The molecule has 0 amide bonds. The van der Waals surface area contributed by atoms with Gasteiger partial charge in [0.25, 0.3) is 0 Å². The van der Waals surface area contributed by atoms with E-state index in [2.05, 4.69) is 9.47 Å². The summed E-state index contributed by atoms with van der Waals surface area (Å²) in [4.78, 5) is 0. The van der Waals surface area contributed by atoms with Crippen LogP contribution in [-0.4, -0.2) is 17.8 Å². The Morgan fingerprint density at radius 2 is 1.41 bits per heavy atom. The van der Waals surface area contributed by atoms with Crippen LogP contribution in [0.2, 0.25) is 0 Å². The normalized spacial score (nSPS) is 12.4. The zero-order chi connectivity index (χ0) is 13.3. The van der Waals surface area contributed by atoms with Gasteiger partial charge in [0.15, 0.2) is 11.5 Å². The van der Waals surface area contributed by atoms with Crippen LogP contribution in [0, 0.1) is 0 Å². The van der Waals surface area contributed by atoms with Crippen LogP contribution in [0.5, 0.6) is 17.2 Å². The Kier molecular flexibility index (Phi) is 3.30. The molecule has 0 unspecified atom stereocenters. The third kappa shape index (κ3) is 4.70. The predicted octanol–water partition coefficient (Wildman–Crippen LogP) is 3.19. The van der Waals surface area contributed by atoms with Crippen molar-refractivity contribution in [2.24, 2.45) is 0 Å². The summed E-state index contributed by atoms with van der Waals surface area (Å²) in [5.74, 6) is -3.00. The second kappa shape index (κ2) is 4.22. The molecule has 0 fully saturated rings. The lowest BCUT2D eigenvalue weighted by Gasteiger charge is -2.12. The molecule has 1 aromatic carbocycles. The Labute approximate surface area is 90.2 Å². The summed E-state index contributed by atoms with van der Waals surface area (Å²) in [5.41, 5.74) is 0. The minimum atomic E-state index is -5.05. The number of hydrogen-bond acceptors (Lipinski definition) is 3. The Morgan fingerprint density at radius 3 is 1.82 bits per heavy atom. The molecule has 0 aliphatic rings. The number of rotatable bonds is 2. The summed E-state index contributed by atoms with van der Waals surface area (Å²) in [7, 11) is 0. The maximum absolute atomic E-state index is 11.7. The van der Waals surface area contributed by atoms with Crippen LogP contribution >= 0.6 is 0 Å². The van der Waals surface area contributed by atoms with Gasteiger partial charge in [0.1, 0.15) is 5.75 Å². The second-order valence-electron chi connectivity index (χ2n) is 2.73. The molecule has 0 spiro atoms. The van der Waals surface area contributed by atoms with Crippen molar-refractivity contribution >= 4 is 0 Å². The molecule has 1 aromatic rings. The van der Waals surface area contributed by atoms with E-state index in [-0.39, 0.29) is 0 Å². The Hall–Kier alpha value is -1.80. The zero-order valence-electron chi connectivity index (χ0n) is 7.76. The van der Waals surface area contributed by atoms with E-state index in [9.17, 15) is 26.3 Å². The van der Waals surface area contributed by atoms with E-state index in [4.69, 9.17) is 5.11 Å². The minimum absolute atomic E-state index is 0.356. The first-order chi connectivity index (χ1) is 7.57. The topological polar surface area (TPSA) is 38.7 Å². The van der Waals surface area contributed by atoms with Gasteiger partial charge in [0, 0.05) is 6.07 Å². The van der Waals surface area contributed by atoms with Gasteiger partial charge in [0.05, 0.1) is 0 Å². The van der Waals surface area contributed by atoms with Crippen molar-refractivity contribution in [3.8, 4) is 17.2 Å². The van der Waals surface area contributed by atoms with E-state index < -0.39 is 30.0 Å². The van der Waals surface area contributed by atoms with Gasteiger partial charge in [-0.2, -0.15) is 0 Å². The molecule has 0 saturated heterocycles. The van der Waals surface area contributed by atoms with Gasteiger partial charge in [-0.1, -0.05) is 0 Å². The summed E-state index contributed by atoms with van der Waals surface area (Å²) in [6.45, 7) is 0. The van der Waals surface area contributed by atoms with Crippen LogP contribution in [0.25, 0.3) is 0 Å². The lowest BCUT2D eigenvalue weighted by molar-refractivity contribution is -0.277. The molecule has 3 nitrogen and oxygen atoms in total. The molecule has 1 N–H and O–H groups in total. The second-order valence-corrected chi connectivity index (χ2v) is 2.73. The van der Waals surface area contributed by atoms with Crippen molar-refractivity contribution < 1.29 is 40.9 Å². The van der Waals surface area contributed by atoms with Gasteiger partial charge in [0.2, 0.25) is 0 Å². The number of alkyl halides is 6. The van der Waals surface area contributed by atoms with E-state index >= 15 is 0 Å². The summed E-state index contributed by atoms with van der Waals surface area (Å²) in [5, 5.41) is 8.98. The van der Waals surface area contributed by atoms with Crippen molar-refractivity contribution in [2.75, 3.05) is 0 Å². The maximum Gasteiger partial charge on any atom is 0.573 e. The number of halogens is 6. The van der Waals surface area contributed by atoms with Crippen molar-refractivity contribution in [3.63, 3.8) is 0 Å². The lowest BCUT2D eigenvalue weighted by Crippen LogP contribution is -2.18. The van der Waals surface area contributed by atoms with Crippen LogP contribution < -0.4 is 9.47 Å². The van der Waals surface area contributed by atoms with E-state index in [1.54, 1.807) is 0 Å². The van der Waals surface area contributed by atoms with E-state index in [0.29, 0.717) is 18.2 Å². The van der Waals surface area contributed by atoms with Gasteiger partial charge in [-0.3, -0.25) is 0 Å². The van der Waals surface area contributed by atoms with Crippen LogP contribution in [-0.2, 0) is 0 Å². The molecule has 0 radical (unpaired) electrons. The Morgan fingerprint density at radius 1 is 0.882 bits per heavy atom. The van der Waals surface area contributed by atoms with Crippen LogP contribution in [0.1, 0.15) is 0 Å². The van der Waals surface area contributed by atoms with Crippen LogP contribution in [0.4, 0.5) is 26.3 Å². The third-order valence-corrected chi connectivity index (χ3v) is 1.39. The SMILES string of the molecule is Oc1cc(OC(F)(F)F)ccc1OC(F)(F)F. The Balaban J connectivity index is 2.87. The fraction of sp³-hybridized carbons (Fsp3) is 0.250. The maximum atomic E-state index is 11.7. The number of benzene rings is 1. The van der Waals surface area contributed by atoms with Crippen LogP contribution in [0.15, 0.2) is 18.2 Å². The highest BCUT2D eigenvalue weighted by Gasteiger charge is 2.34. The number of phenols is 1. The highest BCUT2D eigenvalue weighted by atomic mass is 19.4. The fourth-order valence-corrected chi connectivity index (χ4v) is 0.905. The Bertz CT molecular complexity index is 397. The van der Waals surface area contributed by atoms with E-state index in [0.717, 1.165) is 0 Å². The van der Waals surface area contributed by atoms with E-state index in [1.807, 2.05) is 0 Å². The molecular formula is C8H4F6O3. The monoisotopic (exact) mass is 262 g/mol. The highest BCUT2D eigenvalue weighted by Crippen LogP contribution is 2.35. The fourth-order valence-electron chi connectivity index (χ4n) is 0.905. The molecule has 1 rings (SSSR count). The van der Waals surface area contributed by atoms with Crippen molar-refractivity contribution in [1.29, 1.82) is 0 Å². The zero-order valence-corrected chi connectivity index (χ0v) is 7.76. The number of hydrogen-bond donors (Lipinski definition) is 1. The molecule has 17 heavy (non-hydrogen) atoms. The quantitative estimate of drug-likeness (QED) is 0.832. The number of aromatic hydroxyl groups is 1. The first-order valence-electron chi connectivity index (χ1n) is 3.91. The lowest BCUT2D eigenvalue weighted by atomic mass is 10.3. The summed E-state index contributed by atoms with van der Waals surface area (Å²) >= 11 is 0. The van der Waals surface area contributed by atoms with Gasteiger partial charge in [-0.15, -0.1) is 26.3 Å². The number of phenolic OH excluding ortho intramolecular Hbond substituents is 1. The van der Waals surface area contributed by atoms with Crippen molar-refractivity contribution in [3.05, 3.63) is 18.2 Å². The van der Waals surface area contributed by atoms with E-state index in [1.165, 1.54) is 0 Å². The van der Waals surface area contributed by atoms with Crippen LogP contribution in [0.3, 0.4) is 0 Å². The summed E-state index contributed by atoms with van der Waals surface area (Å²) in [6.07, 6.45) is -10.1. The molecular weight excluding hydrogens is 258 g/mol. The predicted molar refractivity (Wildman–Crippen MR) is 41.5 cm³/mol. The number of ether oxygens (including phenoxy) is 2.